The summed E-state index contributed by atoms with van der Waals surface area (Å²) in [6.07, 6.45) is 1.37. The van der Waals surface area contributed by atoms with Gasteiger partial charge in [-0.3, -0.25) is 4.79 Å². The second kappa shape index (κ2) is 6.26. The minimum absolute atomic E-state index is 0.0553. The van der Waals surface area contributed by atoms with Gasteiger partial charge in [-0.15, -0.1) is 0 Å². The van der Waals surface area contributed by atoms with E-state index < -0.39 is 23.3 Å². The molecule has 0 aliphatic carbocycles. The quantitative estimate of drug-likeness (QED) is 0.799. The lowest BCUT2D eigenvalue weighted by atomic mass is 9.99. The zero-order chi connectivity index (χ0) is 18.4. The van der Waals surface area contributed by atoms with Crippen LogP contribution in [0.5, 0.6) is 11.5 Å². The molecule has 2 N–H and O–H groups in total. The summed E-state index contributed by atoms with van der Waals surface area (Å²) >= 11 is 6.29. The lowest BCUT2D eigenvalue weighted by molar-refractivity contribution is 0.0791. The number of rotatable bonds is 1. The Labute approximate surface area is 152 Å². The molecule has 1 saturated heterocycles. The molecule has 2 aliphatic heterocycles. The fraction of sp³-hybridized carbons (Fsp3) is 0.167. The molecule has 0 unspecified atom stereocenters. The standard InChI is InChI=1S/C18H13ClF2N2O3/c19-16-15(14-11(20)2-1-3-13(14)24)12(21)6-10-17(16)26-8-9-7-22-4-5-23(9)18(10)25/h1-3,6,8,22,24H,4-5,7H2. The molecule has 2 aromatic carbocycles. The number of nitrogens with one attached hydrogen (secondary N) is 1. The van der Waals surface area contributed by atoms with Gasteiger partial charge < -0.3 is 20.1 Å². The molecule has 5 nitrogen and oxygen atoms in total. The summed E-state index contributed by atoms with van der Waals surface area (Å²) in [5, 5.41) is 12.8. The Bertz CT molecular complexity index is 942. The highest BCUT2D eigenvalue weighted by Gasteiger charge is 2.32. The number of carbonyl (C=O) groups is 1. The van der Waals surface area contributed by atoms with Crippen molar-refractivity contribution in [1.29, 1.82) is 0 Å². The summed E-state index contributed by atoms with van der Waals surface area (Å²) in [4.78, 5) is 14.3. The molecule has 134 valence electrons. The maximum absolute atomic E-state index is 14.8. The van der Waals surface area contributed by atoms with E-state index in [1.807, 2.05) is 0 Å². The van der Waals surface area contributed by atoms with Crippen LogP contribution in [0.15, 0.2) is 36.2 Å². The fourth-order valence-electron chi connectivity index (χ4n) is 3.12. The minimum atomic E-state index is -0.926. The number of ether oxygens (including phenoxy) is 1. The first-order valence-electron chi connectivity index (χ1n) is 7.87. The van der Waals surface area contributed by atoms with E-state index in [0.29, 0.717) is 25.3 Å². The van der Waals surface area contributed by atoms with Crippen molar-refractivity contribution in [3.05, 3.63) is 58.4 Å². The van der Waals surface area contributed by atoms with E-state index in [1.54, 1.807) is 0 Å². The van der Waals surface area contributed by atoms with Crippen LogP contribution >= 0.6 is 11.6 Å². The van der Waals surface area contributed by atoms with Gasteiger partial charge in [0.2, 0.25) is 0 Å². The van der Waals surface area contributed by atoms with Crippen molar-refractivity contribution in [2.24, 2.45) is 0 Å². The first-order valence-corrected chi connectivity index (χ1v) is 8.25. The predicted molar refractivity (Wildman–Crippen MR) is 91.1 cm³/mol. The SMILES string of the molecule is O=C1c2cc(F)c(-c3c(O)cccc3F)c(Cl)c2OC=C2CNCCN12. The van der Waals surface area contributed by atoms with Crippen LogP contribution in [-0.4, -0.2) is 35.5 Å². The van der Waals surface area contributed by atoms with E-state index in [0.717, 1.165) is 12.1 Å². The van der Waals surface area contributed by atoms with Gasteiger partial charge in [0.05, 0.1) is 21.8 Å². The molecular formula is C18H13ClF2N2O3. The third kappa shape index (κ3) is 2.51. The van der Waals surface area contributed by atoms with Crippen molar-refractivity contribution in [2.75, 3.05) is 19.6 Å². The Morgan fingerprint density at radius 1 is 1.23 bits per heavy atom. The monoisotopic (exact) mass is 378 g/mol. The van der Waals surface area contributed by atoms with Crippen LogP contribution in [0.25, 0.3) is 11.1 Å². The van der Waals surface area contributed by atoms with Gasteiger partial charge in [0.15, 0.2) is 5.75 Å². The van der Waals surface area contributed by atoms with E-state index in [2.05, 4.69) is 5.32 Å². The number of hydrogen-bond donors (Lipinski definition) is 2. The molecule has 1 fully saturated rings. The zero-order valence-corrected chi connectivity index (χ0v) is 14.1. The highest BCUT2D eigenvalue weighted by molar-refractivity contribution is 6.35. The van der Waals surface area contributed by atoms with Gasteiger partial charge in [-0.2, -0.15) is 0 Å². The smallest absolute Gasteiger partial charge is 0.262 e. The molecule has 1 amide bonds. The summed E-state index contributed by atoms with van der Waals surface area (Å²) in [5.74, 6) is -2.76. The molecule has 8 heteroatoms. The summed E-state index contributed by atoms with van der Waals surface area (Å²) in [7, 11) is 0. The Balaban J connectivity index is 1.94. The number of benzene rings is 2. The maximum Gasteiger partial charge on any atom is 0.262 e. The van der Waals surface area contributed by atoms with Crippen LogP contribution in [0.2, 0.25) is 5.02 Å². The molecule has 4 rings (SSSR count). The third-order valence-corrected chi connectivity index (χ3v) is 4.73. The molecule has 2 heterocycles. The molecule has 0 saturated carbocycles. The number of hydrogen-bond acceptors (Lipinski definition) is 4. The summed E-state index contributed by atoms with van der Waals surface area (Å²) in [5.41, 5.74) is -0.209. The Morgan fingerprint density at radius 3 is 2.81 bits per heavy atom. The van der Waals surface area contributed by atoms with E-state index >= 15 is 0 Å². The van der Waals surface area contributed by atoms with Crippen LogP contribution < -0.4 is 10.1 Å². The first kappa shape index (κ1) is 16.8. The molecule has 0 spiro atoms. The molecule has 0 atom stereocenters. The lowest BCUT2D eigenvalue weighted by Gasteiger charge is -2.28. The highest BCUT2D eigenvalue weighted by Crippen LogP contribution is 2.45. The van der Waals surface area contributed by atoms with E-state index in [-0.39, 0.29) is 27.5 Å². The van der Waals surface area contributed by atoms with Crippen molar-refractivity contribution in [1.82, 2.24) is 10.2 Å². The molecule has 0 bridgehead atoms. The van der Waals surface area contributed by atoms with Crippen molar-refractivity contribution >= 4 is 17.5 Å². The van der Waals surface area contributed by atoms with Crippen LogP contribution in [0.3, 0.4) is 0 Å². The number of phenols is 1. The normalized spacial score (nSPS) is 16.3. The van der Waals surface area contributed by atoms with Gasteiger partial charge >= 0.3 is 0 Å². The number of fused-ring (bicyclic) bond motifs is 2. The van der Waals surface area contributed by atoms with E-state index in [4.69, 9.17) is 16.3 Å². The van der Waals surface area contributed by atoms with Crippen LogP contribution in [0, 0.1) is 11.6 Å². The number of aromatic hydroxyl groups is 1. The van der Waals surface area contributed by atoms with Crippen LogP contribution in [0.1, 0.15) is 10.4 Å². The predicted octanol–water partition coefficient (Wildman–Crippen LogP) is 3.27. The van der Waals surface area contributed by atoms with Gasteiger partial charge in [0, 0.05) is 25.2 Å². The Kier molecular flexibility index (Phi) is 4.05. The third-order valence-electron chi connectivity index (χ3n) is 4.37. The Morgan fingerprint density at radius 2 is 2.04 bits per heavy atom. The second-order valence-electron chi connectivity index (χ2n) is 5.92. The average Bonchev–Trinajstić information content (AvgIpc) is 2.75. The minimum Gasteiger partial charge on any atom is -0.507 e. The lowest BCUT2D eigenvalue weighted by Crippen LogP contribution is -2.44. The van der Waals surface area contributed by atoms with Gasteiger partial charge in [-0.25, -0.2) is 8.78 Å². The highest BCUT2D eigenvalue weighted by atomic mass is 35.5. The van der Waals surface area contributed by atoms with Gasteiger partial charge in [-0.1, -0.05) is 17.7 Å². The maximum atomic E-state index is 14.8. The zero-order valence-electron chi connectivity index (χ0n) is 13.4. The molecule has 0 aromatic heterocycles. The van der Waals surface area contributed by atoms with Crippen LogP contribution in [-0.2, 0) is 0 Å². The molecular weight excluding hydrogens is 366 g/mol. The topological polar surface area (TPSA) is 61.8 Å². The summed E-state index contributed by atoms with van der Waals surface area (Å²) < 4.78 is 34.6. The molecule has 0 radical (unpaired) electrons. The number of phenolic OH excluding ortho intramolecular Hbond substituents is 1. The van der Waals surface area contributed by atoms with Gasteiger partial charge in [0.25, 0.3) is 5.91 Å². The van der Waals surface area contributed by atoms with Gasteiger partial charge in [-0.05, 0) is 18.2 Å². The molecule has 26 heavy (non-hydrogen) atoms. The number of amides is 1. The number of carbonyl (C=O) groups excluding carboxylic acids is 1. The van der Waals surface area contributed by atoms with E-state index in [9.17, 15) is 18.7 Å². The van der Waals surface area contributed by atoms with Crippen molar-refractivity contribution < 1.29 is 23.4 Å². The van der Waals surface area contributed by atoms with Crippen molar-refractivity contribution in [3.8, 4) is 22.6 Å². The van der Waals surface area contributed by atoms with Gasteiger partial charge in [0.1, 0.15) is 23.6 Å². The van der Waals surface area contributed by atoms with E-state index in [1.165, 1.54) is 23.3 Å². The fourth-order valence-corrected chi connectivity index (χ4v) is 3.45. The van der Waals surface area contributed by atoms with Crippen molar-refractivity contribution in [3.63, 3.8) is 0 Å². The van der Waals surface area contributed by atoms with Crippen molar-refractivity contribution in [2.45, 2.75) is 0 Å². The Hall–Kier alpha value is -2.64. The molecule has 2 aliphatic rings. The summed E-state index contributed by atoms with van der Waals surface area (Å²) in [6.45, 7) is 1.42. The second-order valence-corrected chi connectivity index (χ2v) is 6.30. The number of halogens is 3. The first-order chi connectivity index (χ1) is 12.5. The average molecular weight is 379 g/mol. The summed E-state index contributed by atoms with van der Waals surface area (Å²) in [6, 6.07) is 4.55. The van der Waals surface area contributed by atoms with Crippen LogP contribution in [0.4, 0.5) is 8.78 Å². The largest absolute Gasteiger partial charge is 0.507 e. The molecule has 2 aromatic rings. The number of piperazine rings is 1. The number of nitrogens with zero attached hydrogens (tertiary/aromatic N) is 1.